The Labute approximate surface area is 124 Å². The Morgan fingerprint density at radius 2 is 2.00 bits per heavy atom. The van der Waals surface area contributed by atoms with Crippen molar-refractivity contribution in [1.82, 2.24) is 20.4 Å². The summed E-state index contributed by atoms with van der Waals surface area (Å²) in [6, 6.07) is 0. The van der Waals surface area contributed by atoms with Gasteiger partial charge in [0.15, 0.2) is 0 Å². The highest BCUT2D eigenvalue weighted by molar-refractivity contribution is 5.94. The monoisotopic (exact) mass is 288 g/mol. The Balaban J connectivity index is 2.04. The molecule has 0 saturated carbocycles. The Morgan fingerprint density at radius 3 is 2.57 bits per heavy atom. The maximum absolute atomic E-state index is 12.2. The summed E-state index contributed by atoms with van der Waals surface area (Å²) in [5, 5.41) is 6.85. The van der Waals surface area contributed by atoms with Gasteiger partial charge in [0.1, 0.15) is 11.6 Å². The first kappa shape index (κ1) is 15.2. The predicted octanol–water partition coefficient (Wildman–Crippen LogP) is 2.23. The summed E-state index contributed by atoms with van der Waals surface area (Å²) in [6.07, 6.45) is 1.56. The number of rotatable bonds is 4. The van der Waals surface area contributed by atoms with E-state index in [1.807, 2.05) is 20.8 Å². The maximum Gasteiger partial charge on any atom is 0.254 e. The fourth-order valence-corrected chi connectivity index (χ4v) is 2.44. The number of nitrogens with zero attached hydrogens (tertiary/aromatic N) is 3. The summed E-state index contributed by atoms with van der Waals surface area (Å²) in [6.45, 7) is 9.93. The van der Waals surface area contributed by atoms with Crippen molar-refractivity contribution in [3.63, 3.8) is 0 Å². The van der Waals surface area contributed by atoms with Crippen LogP contribution in [0, 0.1) is 27.7 Å². The van der Waals surface area contributed by atoms with E-state index in [1.165, 1.54) is 0 Å². The summed E-state index contributed by atoms with van der Waals surface area (Å²) in [4.78, 5) is 20.5. The lowest BCUT2D eigenvalue weighted by molar-refractivity contribution is 0.0950. The second-order valence-electron chi connectivity index (χ2n) is 5.27. The minimum Gasteiger partial charge on any atom is -0.361 e. The molecule has 0 aliphatic rings. The summed E-state index contributed by atoms with van der Waals surface area (Å²) >= 11 is 0. The second-order valence-corrected chi connectivity index (χ2v) is 5.27. The Kier molecular flexibility index (Phi) is 4.35. The van der Waals surface area contributed by atoms with Crippen molar-refractivity contribution in [3.8, 4) is 0 Å². The average molecular weight is 288 g/mol. The topological polar surface area (TPSA) is 80.9 Å². The van der Waals surface area contributed by atoms with E-state index in [1.54, 1.807) is 20.0 Å². The smallest absolute Gasteiger partial charge is 0.254 e. The van der Waals surface area contributed by atoms with Crippen LogP contribution in [0.1, 0.15) is 51.7 Å². The lowest BCUT2D eigenvalue weighted by atomic mass is 9.99. The molecular formula is C15H20N4O2. The van der Waals surface area contributed by atoms with Crippen LogP contribution in [-0.2, 0) is 0 Å². The Morgan fingerprint density at radius 1 is 1.29 bits per heavy atom. The largest absolute Gasteiger partial charge is 0.361 e. The van der Waals surface area contributed by atoms with Crippen molar-refractivity contribution in [2.24, 2.45) is 0 Å². The molecule has 1 amide bonds. The molecule has 2 aromatic heterocycles. The van der Waals surface area contributed by atoms with E-state index >= 15 is 0 Å². The van der Waals surface area contributed by atoms with Gasteiger partial charge in [-0.25, -0.2) is 9.97 Å². The predicted molar refractivity (Wildman–Crippen MR) is 78.2 cm³/mol. The molecule has 21 heavy (non-hydrogen) atoms. The van der Waals surface area contributed by atoms with Crippen molar-refractivity contribution < 1.29 is 9.32 Å². The van der Waals surface area contributed by atoms with E-state index in [0.717, 1.165) is 17.0 Å². The molecule has 0 aromatic carbocycles. The lowest BCUT2D eigenvalue weighted by Crippen LogP contribution is -2.28. The number of carbonyl (C=O) groups excluding carboxylic acids is 1. The zero-order chi connectivity index (χ0) is 15.6. The molecule has 0 spiro atoms. The van der Waals surface area contributed by atoms with Gasteiger partial charge in [-0.05, 0) is 27.7 Å². The first-order chi connectivity index (χ1) is 9.90. The van der Waals surface area contributed by atoms with Crippen molar-refractivity contribution in [3.05, 3.63) is 40.3 Å². The van der Waals surface area contributed by atoms with Crippen LogP contribution in [0.25, 0.3) is 0 Å². The fourth-order valence-electron chi connectivity index (χ4n) is 2.44. The van der Waals surface area contributed by atoms with Gasteiger partial charge in [-0.15, -0.1) is 0 Å². The third-order valence-corrected chi connectivity index (χ3v) is 3.49. The molecule has 0 bridgehead atoms. The van der Waals surface area contributed by atoms with E-state index in [9.17, 15) is 4.79 Å². The second kappa shape index (κ2) is 6.03. The minimum absolute atomic E-state index is 0.131. The summed E-state index contributed by atoms with van der Waals surface area (Å²) in [5.41, 5.74) is 3.10. The highest BCUT2D eigenvalue weighted by atomic mass is 16.5. The first-order valence-corrected chi connectivity index (χ1v) is 6.91. The SMILES string of the molecule is Cc1ncc(C(=O)NCC(C)c2c(C)noc2C)c(C)n1. The Hall–Kier alpha value is -2.24. The molecule has 1 atom stereocenters. The van der Waals surface area contributed by atoms with Crippen molar-refractivity contribution >= 4 is 5.91 Å². The van der Waals surface area contributed by atoms with Gasteiger partial charge in [0.2, 0.25) is 0 Å². The summed E-state index contributed by atoms with van der Waals surface area (Å²) in [7, 11) is 0. The van der Waals surface area contributed by atoms with Crippen LogP contribution < -0.4 is 5.32 Å². The molecule has 1 N–H and O–H groups in total. The molecule has 0 aliphatic heterocycles. The maximum atomic E-state index is 12.2. The van der Waals surface area contributed by atoms with Crippen LogP contribution in [0.15, 0.2) is 10.7 Å². The standard InChI is InChI=1S/C15H20N4O2/c1-8(14-10(3)19-21-11(14)4)6-17-15(20)13-7-16-12(5)18-9(13)2/h7-8H,6H2,1-5H3,(H,17,20). The van der Waals surface area contributed by atoms with Gasteiger partial charge in [0, 0.05) is 24.2 Å². The quantitative estimate of drug-likeness (QED) is 0.933. The molecular weight excluding hydrogens is 268 g/mol. The number of nitrogens with one attached hydrogen (secondary N) is 1. The van der Waals surface area contributed by atoms with Crippen LogP contribution in [-0.4, -0.2) is 27.6 Å². The van der Waals surface area contributed by atoms with Crippen LogP contribution in [0.2, 0.25) is 0 Å². The third-order valence-electron chi connectivity index (χ3n) is 3.49. The fraction of sp³-hybridized carbons (Fsp3) is 0.467. The molecule has 0 saturated heterocycles. The van der Waals surface area contributed by atoms with Gasteiger partial charge in [-0.3, -0.25) is 4.79 Å². The number of hydrogen-bond acceptors (Lipinski definition) is 5. The number of hydrogen-bond donors (Lipinski definition) is 1. The van der Waals surface area contributed by atoms with Gasteiger partial charge < -0.3 is 9.84 Å². The third kappa shape index (κ3) is 3.26. The van der Waals surface area contributed by atoms with Gasteiger partial charge in [-0.1, -0.05) is 12.1 Å². The molecule has 2 heterocycles. The van der Waals surface area contributed by atoms with E-state index in [0.29, 0.717) is 23.6 Å². The van der Waals surface area contributed by atoms with Gasteiger partial charge >= 0.3 is 0 Å². The molecule has 2 aromatic rings. The van der Waals surface area contributed by atoms with Crippen LogP contribution in [0.4, 0.5) is 0 Å². The number of carbonyl (C=O) groups is 1. The highest BCUT2D eigenvalue weighted by Crippen LogP contribution is 2.22. The summed E-state index contributed by atoms with van der Waals surface area (Å²) in [5.74, 6) is 1.43. The minimum atomic E-state index is -0.161. The normalized spacial score (nSPS) is 12.2. The molecule has 1 unspecified atom stereocenters. The molecule has 2 rings (SSSR count). The van der Waals surface area contributed by atoms with Crippen molar-refractivity contribution in [2.45, 2.75) is 40.5 Å². The molecule has 112 valence electrons. The molecule has 0 aliphatic carbocycles. The van der Waals surface area contributed by atoms with Gasteiger partial charge in [0.05, 0.1) is 17.0 Å². The van der Waals surface area contributed by atoms with E-state index < -0.39 is 0 Å². The van der Waals surface area contributed by atoms with Crippen LogP contribution >= 0.6 is 0 Å². The van der Waals surface area contributed by atoms with E-state index in [4.69, 9.17) is 4.52 Å². The molecule has 0 radical (unpaired) electrons. The zero-order valence-corrected chi connectivity index (χ0v) is 13.0. The molecule has 6 nitrogen and oxygen atoms in total. The van der Waals surface area contributed by atoms with Gasteiger partial charge in [-0.2, -0.15) is 0 Å². The number of amides is 1. The zero-order valence-electron chi connectivity index (χ0n) is 13.0. The number of aryl methyl sites for hydroxylation is 4. The Bertz CT molecular complexity index is 644. The molecule has 6 heteroatoms. The first-order valence-electron chi connectivity index (χ1n) is 6.91. The highest BCUT2D eigenvalue weighted by Gasteiger charge is 2.18. The summed E-state index contributed by atoms with van der Waals surface area (Å²) < 4.78 is 5.16. The van der Waals surface area contributed by atoms with Crippen molar-refractivity contribution in [1.29, 1.82) is 0 Å². The van der Waals surface area contributed by atoms with E-state index in [2.05, 4.69) is 20.4 Å². The lowest BCUT2D eigenvalue weighted by Gasteiger charge is -2.13. The van der Waals surface area contributed by atoms with Crippen LogP contribution in [0.5, 0.6) is 0 Å². The van der Waals surface area contributed by atoms with E-state index in [-0.39, 0.29) is 11.8 Å². The van der Waals surface area contributed by atoms with Gasteiger partial charge in [0.25, 0.3) is 5.91 Å². The number of aromatic nitrogens is 3. The average Bonchev–Trinajstić information content (AvgIpc) is 2.75. The molecule has 0 fully saturated rings. The van der Waals surface area contributed by atoms with Crippen LogP contribution in [0.3, 0.4) is 0 Å². The van der Waals surface area contributed by atoms with Crippen molar-refractivity contribution in [2.75, 3.05) is 6.54 Å².